The van der Waals surface area contributed by atoms with Gasteiger partial charge in [-0.1, -0.05) is 6.42 Å². The lowest BCUT2D eigenvalue weighted by Gasteiger charge is -2.33. The zero-order valence-corrected chi connectivity index (χ0v) is 11.9. The highest BCUT2D eigenvalue weighted by Crippen LogP contribution is 2.41. The van der Waals surface area contributed by atoms with Gasteiger partial charge in [-0.15, -0.1) is 11.8 Å². The highest BCUT2D eigenvalue weighted by molar-refractivity contribution is 8.00. The molecule has 3 rings (SSSR count). The number of amides is 1. The summed E-state index contributed by atoms with van der Waals surface area (Å²) in [4.78, 5) is 16.6. The number of nitrogens with two attached hydrogens (primary N) is 1. The molecule has 6 heteroatoms. The SMILES string of the molecule is N#C[C@@H]1CS[C@H]2C[C@](N)(CN3CCCCC3)C(=O)N12. The number of hydrogen-bond donors (Lipinski definition) is 1. The van der Waals surface area contributed by atoms with E-state index in [1.54, 1.807) is 16.7 Å². The molecule has 104 valence electrons. The first-order valence-corrected chi connectivity index (χ1v) is 8.04. The fourth-order valence-electron chi connectivity index (χ4n) is 3.40. The van der Waals surface area contributed by atoms with E-state index in [0.29, 0.717) is 13.0 Å². The Morgan fingerprint density at radius 2 is 2.16 bits per heavy atom. The van der Waals surface area contributed by atoms with Gasteiger partial charge in [0.25, 0.3) is 0 Å². The van der Waals surface area contributed by atoms with E-state index in [4.69, 9.17) is 11.0 Å². The van der Waals surface area contributed by atoms with Crippen LogP contribution in [0.3, 0.4) is 0 Å². The van der Waals surface area contributed by atoms with Crippen molar-refractivity contribution in [2.24, 2.45) is 5.73 Å². The van der Waals surface area contributed by atoms with E-state index in [2.05, 4.69) is 11.0 Å². The Morgan fingerprint density at radius 1 is 1.42 bits per heavy atom. The van der Waals surface area contributed by atoms with Crippen molar-refractivity contribution in [3.8, 4) is 6.07 Å². The second-order valence-electron chi connectivity index (χ2n) is 5.84. The number of nitrogens with zero attached hydrogens (tertiary/aromatic N) is 3. The van der Waals surface area contributed by atoms with Crippen molar-refractivity contribution >= 4 is 17.7 Å². The third kappa shape index (κ3) is 2.24. The van der Waals surface area contributed by atoms with Gasteiger partial charge in [0.2, 0.25) is 5.91 Å². The number of carbonyl (C=O) groups excluding carboxylic acids is 1. The van der Waals surface area contributed by atoms with Gasteiger partial charge in [0.1, 0.15) is 11.6 Å². The minimum Gasteiger partial charge on any atom is -0.316 e. The van der Waals surface area contributed by atoms with Gasteiger partial charge >= 0.3 is 0 Å². The van der Waals surface area contributed by atoms with Gasteiger partial charge in [-0.05, 0) is 25.9 Å². The lowest BCUT2D eigenvalue weighted by Crippen LogP contribution is -2.57. The van der Waals surface area contributed by atoms with E-state index < -0.39 is 5.54 Å². The summed E-state index contributed by atoms with van der Waals surface area (Å²) >= 11 is 1.70. The summed E-state index contributed by atoms with van der Waals surface area (Å²) in [5.74, 6) is 0.715. The molecule has 0 aliphatic carbocycles. The van der Waals surface area contributed by atoms with Crippen LogP contribution in [0, 0.1) is 11.3 Å². The van der Waals surface area contributed by atoms with Crippen LogP contribution in [0.25, 0.3) is 0 Å². The average molecular weight is 280 g/mol. The largest absolute Gasteiger partial charge is 0.316 e. The number of hydrogen-bond acceptors (Lipinski definition) is 5. The first-order chi connectivity index (χ1) is 9.14. The Balaban J connectivity index is 1.71. The zero-order valence-electron chi connectivity index (χ0n) is 11.0. The molecule has 19 heavy (non-hydrogen) atoms. The summed E-state index contributed by atoms with van der Waals surface area (Å²) in [6, 6.07) is 1.94. The summed E-state index contributed by atoms with van der Waals surface area (Å²) in [6.07, 6.45) is 4.37. The van der Waals surface area contributed by atoms with Crippen molar-refractivity contribution in [1.29, 1.82) is 5.26 Å². The van der Waals surface area contributed by atoms with E-state index >= 15 is 0 Å². The summed E-state index contributed by atoms with van der Waals surface area (Å²) in [7, 11) is 0. The molecule has 0 radical (unpaired) electrons. The van der Waals surface area contributed by atoms with Crippen molar-refractivity contribution in [3.63, 3.8) is 0 Å². The lowest BCUT2D eigenvalue weighted by molar-refractivity contribution is -0.133. The van der Waals surface area contributed by atoms with Crippen LogP contribution in [0.4, 0.5) is 0 Å². The Hall–Kier alpha value is -0.770. The molecular formula is C13H20N4OS. The monoisotopic (exact) mass is 280 g/mol. The predicted molar refractivity (Wildman–Crippen MR) is 74.3 cm³/mol. The second-order valence-corrected chi connectivity index (χ2v) is 7.05. The molecule has 5 nitrogen and oxygen atoms in total. The molecule has 3 aliphatic rings. The first-order valence-electron chi connectivity index (χ1n) is 6.99. The fraction of sp³-hybridized carbons (Fsp3) is 0.846. The first kappa shape index (κ1) is 13.2. The van der Waals surface area contributed by atoms with Crippen LogP contribution >= 0.6 is 11.8 Å². The van der Waals surface area contributed by atoms with Crippen molar-refractivity contribution in [1.82, 2.24) is 9.80 Å². The highest BCUT2D eigenvalue weighted by Gasteiger charge is 2.55. The molecular weight excluding hydrogens is 260 g/mol. The molecule has 3 atom stereocenters. The third-order valence-corrected chi connectivity index (χ3v) is 5.68. The van der Waals surface area contributed by atoms with Crippen LogP contribution in [0.15, 0.2) is 0 Å². The molecule has 0 aromatic carbocycles. The maximum absolute atomic E-state index is 12.6. The maximum Gasteiger partial charge on any atom is 0.246 e. The van der Waals surface area contributed by atoms with Gasteiger partial charge in [0.15, 0.2) is 0 Å². The van der Waals surface area contributed by atoms with Crippen molar-refractivity contribution < 1.29 is 4.79 Å². The third-order valence-electron chi connectivity index (χ3n) is 4.40. The molecule has 2 N–H and O–H groups in total. The van der Waals surface area contributed by atoms with Crippen LogP contribution < -0.4 is 5.73 Å². The molecule has 1 amide bonds. The number of likely N-dealkylation sites (tertiary alicyclic amines) is 1. The smallest absolute Gasteiger partial charge is 0.246 e. The Bertz CT molecular complexity index is 417. The number of carbonyl (C=O) groups is 1. The molecule has 0 unspecified atom stereocenters. The van der Waals surface area contributed by atoms with Gasteiger partial charge in [-0.3, -0.25) is 4.79 Å². The van der Waals surface area contributed by atoms with Gasteiger partial charge in [0, 0.05) is 18.7 Å². The second kappa shape index (κ2) is 4.97. The van der Waals surface area contributed by atoms with E-state index in [-0.39, 0.29) is 17.3 Å². The highest BCUT2D eigenvalue weighted by atomic mass is 32.2. The van der Waals surface area contributed by atoms with Gasteiger partial charge in [-0.25, -0.2) is 0 Å². The van der Waals surface area contributed by atoms with Crippen LogP contribution in [0.1, 0.15) is 25.7 Å². The summed E-state index contributed by atoms with van der Waals surface area (Å²) < 4.78 is 0. The number of rotatable bonds is 2. The standard InChI is InChI=1S/C13H20N4OS/c14-7-10-8-19-11-6-13(15,12(18)17(10)11)9-16-4-2-1-3-5-16/h10-11H,1-6,8-9,15H2/t10-,11+,13+/m1/s1. The van der Waals surface area contributed by atoms with E-state index in [1.807, 2.05) is 0 Å². The molecule has 3 saturated heterocycles. The summed E-state index contributed by atoms with van der Waals surface area (Å²) in [5, 5.41) is 9.23. The topological polar surface area (TPSA) is 73.4 Å². The average Bonchev–Trinajstić information content (AvgIpc) is 2.90. The minimum absolute atomic E-state index is 0.0142. The van der Waals surface area contributed by atoms with E-state index in [1.165, 1.54) is 19.3 Å². The quantitative estimate of drug-likeness (QED) is 0.791. The molecule has 0 bridgehead atoms. The lowest BCUT2D eigenvalue weighted by atomic mass is 9.97. The van der Waals surface area contributed by atoms with Crippen LogP contribution in [-0.4, -0.2) is 58.0 Å². The predicted octanol–water partition coefficient (Wildman–Crippen LogP) is 0.367. The molecule has 0 spiro atoms. The minimum atomic E-state index is -0.773. The van der Waals surface area contributed by atoms with Gasteiger partial charge in [0.05, 0.1) is 11.4 Å². The van der Waals surface area contributed by atoms with E-state index in [9.17, 15) is 4.79 Å². The Kier molecular flexibility index (Phi) is 3.46. The van der Waals surface area contributed by atoms with Gasteiger partial charge in [-0.2, -0.15) is 5.26 Å². The van der Waals surface area contributed by atoms with Crippen molar-refractivity contribution in [2.45, 2.75) is 42.6 Å². The molecule has 0 aromatic rings. The van der Waals surface area contributed by atoms with E-state index in [0.717, 1.165) is 18.8 Å². The van der Waals surface area contributed by atoms with Crippen LogP contribution in [0.2, 0.25) is 0 Å². The molecule has 3 fully saturated rings. The molecule has 0 aromatic heterocycles. The van der Waals surface area contributed by atoms with Crippen LogP contribution in [0.5, 0.6) is 0 Å². The Labute approximate surface area is 118 Å². The number of fused-ring (bicyclic) bond motifs is 1. The maximum atomic E-state index is 12.6. The van der Waals surface area contributed by atoms with Crippen molar-refractivity contribution in [3.05, 3.63) is 0 Å². The number of thioether (sulfide) groups is 1. The fourth-order valence-corrected chi connectivity index (χ4v) is 4.86. The summed E-state index contributed by atoms with van der Waals surface area (Å²) in [6.45, 7) is 2.75. The number of piperidine rings is 1. The molecule has 3 heterocycles. The van der Waals surface area contributed by atoms with Crippen LogP contribution in [-0.2, 0) is 4.79 Å². The van der Waals surface area contributed by atoms with Gasteiger partial charge < -0.3 is 15.5 Å². The normalized spacial score (nSPS) is 39.4. The number of nitriles is 1. The summed E-state index contributed by atoms with van der Waals surface area (Å²) in [5.41, 5.74) is 5.61. The molecule has 3 aliphatic heterocycles. The van der Waals surface area contributed by atoms with Crippen molar-refractivity contribution in [2.75, 3.05) is 25.4 Å². The molecule has 0 saturated carbocycles. The zero-order chi connectivity index (χ0) is 13.5. The Morgan fingerprint density at radius 3 is 2.84 bits per heavy atom.